The largest absolute Gasteiger partial charge is 0.496 e. The van der Waals surface area contributed by atoms with Gasteiger partial charge >= 0.3 is 5.97 Å². The number of benzene rings is 1. The lowest BCUT2D eigenvalue weighted by atomic mass is 10.1. The quantitative estimate of drug-likeness (QED) is 0.566. The Hall–Kier alpha value is -3.13. The van der Waals surface area contributed by atoms with E-state index in [1.807, 2.05) is 19.1 Å². The number of thiophene rings is 1. The minimum Gasteiger partial charge on any atom is -0.496 e. The van der Waals surface area contributed by atoms with Crippen molar-refractivity contribution in [3.63, 3.8) is 0 Å². The summed E-state index contributed by atoms with van der Waals surface area (Å²) in [6.07, 6.45) is 0.777. The number of aromatic nitrogens is 2. The molecule has 0 spiro atoms. The maximum atomic E-state index is 11.9. The lowest BCUT2D eigenvalue weighted by Gasteiger charge is -2.15. The van der Waals surface area contributed by atoms with Crippen molar-refractivity contribution < 1.29 is 19.0 Å². The van der Waals surface area contributed by atoms with Crippen LogP contribution in [0.4, 0.5) is 11.5 Å². The molecule has 3 rings (SSSR count). The normalized spacial score (nSPS) is 10.5. The number of ether oxygens (including phenoxy) is 3. The van der Waals surface area contributed by atoms with Gasteiger partial charge in [-0.25, -0.2) is 14.8 Å². The average molecular weight is 413 g/mol. The second-order valence-corrected chi connectivity index (χ2v) is 7.21. The van der Waals surface area contributed by atoms with Crippen molar-refractivity contribution in [3.8, 4) is 21.5 Å². The topological polar surface area (TPSA) is 82.6 Å². The SMILES string of the molecule is CCc1c(C)nc(-c2ccc(OC)s2)nc1Nc1ccc(C(=O)OC)c(OC)c1. The van der Waals surface area contributed by atoms with E-state index < -0.39 is 5.97 Å². The Morgan fingerprint density at radius 1 is 1.10 bits per heavy atom. The molecule has 7 nitrogen and oxygen atoms in total. The third-order valence-electron chi connectivity index (χ3n) is 4.44. The van der Waals surface area contributed by atoms with Gasteiger partial charge < -0.3 is 19.5 Å². The molecule has 0 saturated carbocycles. The van der Waals surface area contributed by atoms with E-state index in [1.54, 1.807) is 25.3 Å². The van der Waals surface area contributed by atoms with Crippen molar-refractivity contribution in [2.45, 2.75) is 20.3 Å². The molecular weight excluding hydrogens is 390 g/mol. The maximum absolute atomic E-state index is 11.9. The summed E-state index contributed by atoms with van der Waals surface area (Å²) in [5, 5.41) is 4.15. The Kier molecular flexibility index (Phi) is 6.33. The molecule has 0 aliphatic heterocycles. The molecule has 2 aromatic heterocycles. The van der Waals surface area contributed by atoms with E-state index >= 15 is 0 Å². The van der Waals surface area contributed by atoms with Crippen LogP contribution >= 0.6 is 11.3 Å². The molecule has 8 heteroatoms. The number of nitrogens with zero attached hydrogens (tertiary/aromatic N) is 2. The van der Waals surface area contributed by atoms with E-state index in [0.29, 0.717) is 17.1 Å². The van der Waals surface area contributed by atoms with Gasteiger partial charge in [0.05, 0.1) is 26.2 Å². The minimum absolute atomic E-state index is 0.363. The van der Waals surface area contributed by atoms with E-state index in [0.717, 1.165) is 39.1 Å². The number of methoxy groups -OCH3 is 3. The van der Waals surface area contributed by atoms with Gasteiger partial charge in [0.2, 0.25) is 0 Å². The fraction of sp³-hybridized carbons (Fsp3) is 0.286. The summed E-state index contributed by atoms with van der Waals surface area (Å²) in [5.74, 6) is 1.33. The van der Waals surface area contributed by atoms with E-state index in [9.17, 15) is 4.79 Å². The fourth-order valence-corrected chi connectivity index (χ4v) is 3.72. The molecule has 0 bridgehead atoms. The van der Waals surface area contributed by atoms with Gasteiger partial charge in [-0.05, 0) is 37.6 Å². The van der Waals surface area contributed by atoms with Crippen LogP contribution in [0.25, 0.3) is 10.7 Å². The molecule has 0 fully saturated rings. The summed E-state index contributed by atoms with van der Waals surface area (Å²) < 4.78 is 15.4. The first-order valence-corrected chi connectivity index (χ1v) is 9.87. The van der Waals surface area contributed by atoms with Crippen LogP contribution in [0.3, 0.4) is 0 Å². The highest BCUT2D eigenvalue weighted by molar-refractivity contribution is 7.17. The van der Waals surface area contributed by atoms with Gasteiger partial charge in [-0.2, -0.15) is 0 Å². The number of nitrogens with one attached hydrogen (secondary N) is 1. The molecular formula is C21H23N3O4S. The van der Waals surface area contributed by atoms with Crippen LogP contribution in [0, 0.1) is 6.92 Å². The number of carbonyl (C=O) groups is 1. The van der Waals surface area contributed by atoms with E-state index in [2.05, 4.69) is 17.2 Å². The Labute approximate surface area is 173 Å². The number of anilines is 2. The van der Waals surface area contributed by atoms with Crippen LogP contribution in [-0.4, -0.2) is 37.3 Å². The van der Waals surface area contributed by atoms with Crippen LogP contribution in [0.2, 0.25) is 0 Å². The monoisotopic (exact) mass is 413 g/mol. The van der Waals surface area contributed by atoms with E-state index in [1.165, 1.54) is 25.6 Å². The number of carbonyl (C=O) groups excluding carboxylic acids is 1. The third kappa shape index (κ3) is 4.32. The molecule has 0 amide bonds. The minimum atomic E-state index is -0.450. The predicted molar refractivity (Wildman–Crippen MR) is 114 cm³/mol. The standard InChI is InChI=1S/C21H23N3O4S/c1-6-14-12(2)22-20(17-9-10-18(27-4)29-17)24-19(14)23-13-7-8-15(21(25)28-5)16(11-13)26-3/h7-11H,6H2,1-5H3,(H,22,23,24). The number of hydrogen-bond acceptors (Lipinski definition) is 8. The van der Waals surface area contributed by atoms with Crippen LogP contribution in [-0.2, 0) is 11.2 Å². The van der Waals surface area contributed by atoms with Crippen LogP contribution < -0.4 is 14.8 Å². The summed E-state index contributed by atoms with van der Waals surface area (Å²) in [4.78, 5) is 22.2. The second-order valence-electron chi connectivity index (χ2n) is 6.17. The summed E-state index contributed by atoms with van der Waals surface area (Å²) in [7, 11) is 4.49. The smallest absolute Gasteiger partial charge is 0.341 e. The van der Waals surface area contributed by atoms with Gasteiger partial charge in [0.1, 0.15) is 17.1 Å². The lowest BCUT2D eigenvalue weighted by molar-refractivity contribution is 0.0597. The van der Waals surface area contributed by atoms with Crippen molar-refractivity contribution in [1.82, 2.24) is 9.97 Å². The van der Waals surface area contributed by atoms with Gasteiger partial charge in [-0.3, -0.25) is 0 Å². The highest BCUT2D eigenvalue weighted by Crippen LogP contribution is 2.33. The Morgan fingerprint density at radius 2 is 1.90 bits per heavy atom. The molecule has 0 unspecified atom stereocenters. The number of hydrogen-bond donors (Lipinski definition) is 1. The predicted octanol–water partition coefficient (Wildman–Crippen LogP) is 4.62. The molecule has 29 heavy (non-hydrogen) atoms. The summed E-state index contributed by atoms with van der Waals surface area (Å²) >= 11 is 1.49. The summed E-state index contributed by atoms with van der Waals surface area (Å²) in [6, 6.07) is 9.05. The van der Waals surface area contributed by atoms with Crippen molar-refractivity contribution >= 4 is 28.8 Å². The first-order chi connectivity index (χ1) is 14.0. The van der Waals surface area contributed by atoms with Gasteiger partial charge in [0.15, 0.2) is 10.9 Å². The molecule has 152 valence electrons. The van der Waals surface area contributed by atoms with Crippen molar-refractivity contribution in [2.75, 3.05) is 26.6 Å². The Balaban J connectivity index is 2.00. The van der Waals surface area contributed by atoms with Crippen LogP contribution in [0.15, 0.2) is 30.3 Å². The molecule has 3 aromatic rings. The zero-order valence-corrected chi connectivity index (χ0v) is 17.8. The zero-order valence-electron chi connectivity index (χ0n) is 17.0. The first-order valence-electron chi connectivity index (χ1n) is 9.05. The highest BCUT2D eigenvalue weighted by atomic mass is 32.1. The third-order valence-corrected chi connectivity index (χ3v) is 5.48. The van der Waals surface area contributed by atoms with E-state index in [4.69, 9.17) is 19.2 Å². The number of esters is 1. The van der Waals surface area contributed by atoms with Gasteiger partial charge in [0.25, 0.3) is 0 Å². The molecule has 2 heterocycles. The molecule has 0 atom stereocenters. The molecule has 0 saturated heterocycles. The van der Waals surface area contributed by atoms with Crippen LogP contribution in [0.5, 0.6) is 10.8 Å². The zero-order chi connectivity index (χ0) is 21.0. The van der Waals surface area contributed by atoms with Crippen molar-refractivity contribution in [2.24, 2.45) is 0 Å². The second kappa shape index (κ2) is 8.91. The summed E-state index contributed by atoms with van der Waals surface area (Å²) in [5.41, 5.74) is 3.04. The molecule has 0 aliphatic carbocycles. The first kappa shape index (κ1) is 20.6. The molecule has 1 N–H and O–H groups in total. The van der Waals surface area contributed by atoms with E-state index in [-0.39, 0.29) is 0 Å². The Morgan fingerprint density at radius 3 is 2.52 bits per heavy atom. The lowest BCUT2D eigenvalue weighted by Crippen LogP contribution is -2.07. The molecule has 1 aromatic carbocycles. The highest BCUT2D eigenvalue weighted by Gasteiger charge is 2.16. The van der Waals surface area contributed by atoms with Gasteiger partial charge in [-0.1, -0.05) is 18.3 Å². The van der Waals surface area contributed by atoms with Gasteiger partial charge in [-0.15, -0.1) is 0 Å². The Bertz CT molecular complexity index is 1030. The van der Waals surface area contributed by atoms with Crippen LogP contribution in [0.1, 0.15) is 28.5 Å². The average Bonchev–Trinajstić information content (AvgIpc) is 3.22. The van der Waals surface area contributed by atoms with Gasteiger partial charge in [0, 0.05) is 23.0 Å². The maximum Gasteiger partial charge on any atom is 0.341 e. The fourth-order valence-electron chi connectivity index (χ4n) is 2.97. The number of aryl methyl sites for hydroxylation is 1. The van der Waals surface area contributed by atoms with Crippen molar-refractivity contribution in [3.05, 3.63) is 47.2 Å². The molecule has 0 radical (unpaired) electrons. The van der Waals surface area contributed by atoms with Crippen molar-refractivity contribution in [1.29, 1.82) is 0 Å². The number of rotatable bonds is 7. The summed E-state index contributed by atoms with van der Waals surface area (Å²) in [6.45, 7) is 4.03. The molecule has 0 aliphatic rings.